The summed E-state index contributed by atoms with van der Waals surface area (Å²) in [5.41, 5.74) is 8.03. The van der Waals surface area contributed by atoms with Crippen LogP contribution in [0.4, 0.5) is 20.6 Å². The summed E-state index contributed by atoms with van der Waals surface area (Å²) in [7, 11) is 0. The fraction of sp³-hybridized carbons (Fsp3) is 0.407. The summed E-state index contributed by atoms with van der Waals surface area (Å²) in [6.07, 6.45) is 2.42. The molecule has 0 aliphatic heterocycles. The maximum atomic E-state index is 13.9. The Morgan fingerprint density at radius 3 is 2.67 bits per heavy atom. The highest BCUT2D eigenvalue weighted by molar-refractivity contribution is 9.10. The van der Waals surface area contributed by atoms with Crippen LogP contribution in [0, 0.1) is 5.82 Å². The number of nitrogen functional groups attached to an aromatic ring is 1. The van der Waals surface area contributed by atoms with Gasteiger partial charge in [0.25, 0.3) is 0 Å². The Hall–Kier alpha value is -3.07. The van der Waals surface area contributed by atoms with E-state index in [0.29, 0.717) is 30.9 Å². The number of hydrogen-bond donors (Lipinski definition) is 2. The van der Waals surface area contributed by atoms with Gasteiger partial charge in [-0.1, -0.05) is 15.9 Å². The third-order valence-corrected chi connectivity index (χ3v) is 6.22. The van der Waals surface area contributed by atoms with Crippen molar-refractivity contribution in [1.82, 2.24) is 9.88 Å². The van der Waals surface area contributed by atoms with E-state index in [-0.39, 0.29) is 11.9 Å². The second-order valence-corrected chi connectivity index (χ2v) is 10.5. The third-order valence-electron chi connectivity index (χ3n) is 5.73. The number of carbonyl (C=O) groups excluding carboxylic acids is 1. The number of nitrogens with zero attached hydrogens (tertiary/aromatic N) is 2. The summed E-state index contributed by atoms with van der Waals surface area (Å²) in [4.78, 5) is 18.7. The number of benzene rings is 2. The highest BCUT2D eigenvalue weighted by atomic mass is 79.9. The minimum Gasteiger partial charge on any atom is -0.487 e. The summed E-state index contributed by atoms with van der Waals surface area (Å²) >= 11 is 3.50. The van der Waals surface area contributed by atoms with Gasteiger partial charge in [-0.15, -0.1) is 0 Å². The molecule has 3 rings (SSSR count). The molecule has 1 aromatic heterocycles. The van der Waals surface area contributed by atoms with E-state index in [9.17, 15) is 9.18 Å². The number of nitrogens with one attached hydrogen (secondary N) is 1. The van der Waals surface area contributed by atoms with Gasteiger partial charge in [-0.3, -0.25) is 4.98 Å². The van der Waals surface area contributed by atoms with Crippen molar-refractivity contribution in [3.8, 4) is 11.5 Å². The molecule has 0 aliphatic rings. The molecule has 2 aromatic carbocycles. The molecule has 7 nitrogen and oxygen atoms in total. The molecule has 1 heterocycles. The number of hydrogen-bond acceptors (Lipinski definition) is 6. The Labute approximate surface area is 220 Å². The molecular formula is C27H34BrFN4O3. The van der Waals surface area contributed by atoms with Gasteiger partial charge < -0.3 is 25.4 Å². The van der Waals surface area contributed by atoms with Crippen LogP contribution in [0.5, 0.6) is 11.5 Å². The Kier molecular flexibility index (Phi) is 9.00. The summed E-state index contributed by atoms with van der Waals surface area (Å²) < 4.78 is 26.5. The lowest BCUT2D eigenvalue weighted by molar-refractivity contribution is 0.108. The van der Waals surface area contributed by atoms with Gasteiger partial charge in [0.15, 0.2) is 11.5 Å². The van der Waals surface area contributed by atoms with Crippen molar-refractivity contribution in [2.75, 3.05) is 24.1 Å². The van der Waals surface area contributed by atoms with Crippen LogP contribution in [-0.4, -0.2) is 40.7 Å². The number of aromatic nitrogens is 1. The second-order valence-electron chi connectivity index (χ2n) is 9.62. The second kappa shape index (κ2) is 11.8. The molecule has 36 heavy (non-hydrogen) atoms. The topological polar surface area (TPSA) is 89.7 Å². The molecule has 0 unspecified atom stereocenters. The zero-order chi connectivity index (χ0) is 26.5. The lowest BCUT2D eigenvalue weighted by Crippen LogP contribution is -2.46. The molecule has 3 N–H and O–H groups in total. The van der Waals surface area contributed by atoms with Gasteiger partial charge in [0.1, 0.15) is 5.82 Å². The van der Waals surface area contributed by atoms with Gasteiger partial charge in [0.2, 0.25) is 0 Å². The molecule has 0 spiro atoms. The molecule has 0 radical (unpaired) electrons. The number of rotatable bonds is 9. The Balaban J connectivity index is 1.61. The predicted molar refractivity (Wildman–Crippen MR) is 146 cm³/mol. The van der Waals surface area contributed by atoms with Gasteiger partial charge in [-0.05, 0) is 77.8 Å². The van der Waals surface area contributed by atoms with Crippen molar-refractivity contribution in [1.29, 1.82) is 0 Å². The van der Waals surface area contributed by atoms with Crippen LogP contribution in [0.15, 0.2) is 47.1 Å². The number of carbonyl (C=O) groups is 1. The number of nitrogens with two attached hydrogens (primary N) is 1. The van der Waals surface area contributed by atoms with E-state index in [2.05, 4.69) is 26.2 Å². The first-order chi connectivity index (χ1) is 17.0. The maximum absolute atomic E-state index is 13.9. The largest absolute Gasteiger partial charge is 0.487 e. The smallest absolute Gasteiger partial charge is 0.415 e. The minimum atomic E-state index is -0.550. The highest BCUT2D eigenvalue weighted by Crippen LogP contribution is 2.32. The van der Waals surface area contributed by atoms with Gasteiger partial charge in [0.05, 0.1) is 29.2 Å². The zero-order valence-corrected chi connectivity index (χ0v) is 23.0. The summed E-state index contributed by atoms with van der Waals surface area (Å²) in [5.74, 6) is -0.117. The van der Waals surface area contributed by atoms with E-state index < -0.39 is 17.4 Å². The van der Waals surface area contributed by atoms with Crippen LogP contribution in [0.1, 0.15) is 47.5 Å². The first-order valence-corrected chi connectivity index (χ1v) is 12.8. The monoisotopic (exact) mass is 560 g/mol. The molecule has 194 valence electrons. The van der Waals surface area contributed by atoms with Crippen LogP contribution in [0.3, 0.4) is 0 Å². The van der Waals surface area contributed by atoms with E-state index in [1.54, 1.807) is 11.1 Å². The van der Waals surface area contributed by atoms with Gasteiger partial charge in [0, 0.05) is 34.6 Å². The fourth-order valence-corrected chi connectivity index (χ4v) is 4.30. The van der Waals surface area contributed by atoms with Crippen LogP contribution >= 0.6 is 15.9 Å². The average molecular weight is 561 g/mol. The maximum Gasteiger partial charge on any atom is 0.415 e. The van der Waals surface area contributed by atoms with Crippen LogP contribution in [0.2, 0.25) is 0 Å². The van der Waals surface area contributed by atoms with Gasteiger partial charge in [-0.2, -0.15) is 0 Å². The number of anilines is 2. The number of amides is 1. The molecule has 3 aromatic rings. The van der Waals surface area contributed by atoms with Crippen LogP contribution in [0.25, 0.3) is 10.9 Å². The fourth-order valence-electron chi connectivity index (χ4n) is 3.94. The van der Waals surface area contributed by atoms with E-state index in [4.69, 9.17) is 15.2 Å². The lowest BCUT2D eigenvalue weighted by atomic mass is 10.1. The molecule has 9 heteroatoms. The lowest BCUT2D eigenvalue weighted by Gasteiger charge is -2.33. The van der Waals surface area contributed by atoms with Crippen molar-refractivity contribution >= 4 is 44.3 Å². The molecule has 0 aliphatic carbocycles. The summed E-state index contributed by atoms with van der Waals surface area (Å²) in [6.45, 7) is 10.7. The Bertz CT molecular complexity index is 1210. The molecule has 1 atom stereocenters. The summed E-state index contributed by atoms with van der Waals surface area (Å²) in [6, 6.07) is 9.82. The molecule has 1 amide bonds. The van der Waals surface area contributed by atoms with E-state index >= 15 is 0 Å². The molecule has 0 bridgehead atoms. The molecule has 0 fully saturated rings. The first-order valence-electron chi connectivity index (χ1n) is 12.0. The van der Waals surface area contributed by atoms with Gasteiger partial charge >= 0.3 is 6.09 Å². The summed E-state index contributed by atoms with van der Waals surface area (Å²) in [5, 5.41) is 4.36. The predicted octanol–water partition coefficient (Wildman–Crippen LogP) is 7.00. The third kappa shape index (κ3) is 7.00. The normalized spacial score (nSPS) is 12.3. The van der Waals surface area contributed by atoms with Crippen LogP contribution in [-0.2, 0) is 0 Å². The van der Waals surface area contributed by atoms with Crippen molar-refractivity contribution in [3.63, 3.8) is 0 Å². The Morgan fingerprint density at radius 2 is 1.97 bits per heavy atom. The standard InChI is InChI=1S/C27H34BrFN4O3/c1-6-33(27(3,4)5)26(34)36-24-15-19(29)10-12-23(24)35-17(2)8-7-13-31-25-20-14-18(28)9-11-22(20)32-16-21(25)30/h9-12,14-17H,6-8,13,30H2,1-5H3,(H,31,32)/t17-/m1/s1. The number of pyridine rings is 1. The van der Waals surface area contributed by atoms with Crippen molar-refractivity contribution in [2.45, 2.75) is 59.1 Å². The zero-order valence-electron chi connectivity index (χ0n) is 21.4. The quantitative estimate of drug-likeness (QED) is 0.274. The average Bonchev–Trinajstić information content (AvgIpc) is 2.79. The molecular weight excluding hydrogens is 527 g/mol. The van der Waals surface area contributed by atoms with Crippen molar-refractivity contribution in [2.24, 2.45) is 0 Å². The number of ether oxygens (including phenoxy) is 2. The van der Waals surface area contributed by atoms with Crippen molar-refractivity contribution in [3.05, 3.63) is 52.9 Å². The number of halogens is 2. The highest BCUT2D eigenvalue weighted by Gasteiger charge is 2.27. The molecule has 0 saturated heterocycles. The first kappa shape index (κ1) is 27.5. The van der Waals surface area contributed by atoms with E-state index in [1.807, 2.05) is 52.8 Å². The SMILES string of the molecule is CCN(C(=O)Oc1cc(F)ccc1O[C@H](C)CCCNc1c(N)cnc2ccc(Br)cc12)C(C)(C)C. The van der Waals surface area contributed by atoms with Crippen LogP contribution < -0.4 is 20.5 Å². The molecule has 0 saturated carbocycles. The minimum absolute atomic E-state index is 0.0641. The van der Waals surface area contributed by atoms with E-state index in [0.717, 1.165) is 27.5 Å². The van der Waals surface area contributed by atoms with Gasteiger partial charge in [-0.25, -0.2) is 9.18 Å². The number of fused-ring (bicyclic) bond motifs is 1. The van der Waals surface area contributed by atoms with E-state index in [1.165, 1.54) is 18.2 Å². The Morgan fingerprint density at radius 1 is 1.22 bits per heavy atom. The van der Waals surface area contributed by atoms with Crippen molar-refractivity contribution < 1.29 is 18.7 Å².